The monoisotopic (exact) mass is 337 g/mol. The number of likely N-dealkylation sites (N-methyl/N-ethyl adjacent to an activating group) is 1. The van der Waals surface area contributed by atoms with Gasteiger partial charge < -0.3 is 20.9 Å². The summed E-state index contributed by atoms with van der Waals surface area (Å²) in [6.07, 6.45) is 4.52. The first kappa shape index (κ1) is 18.0. The lowest BCUT2D eigenvalue weighted by Crippen LogP contribution is -2.45. The maximum Gasteiger partial charge on any atom is 0.237 e. The van der Waals surface area contributed by atoms with E-state index in [1.165, 1.54) is 0 Å². The molecule has 0 spiro atoms. The minimum atomic E-state index is -0.439. The molecule has 1 aromatic heterocycles. The molecule has 3 N–H and O–H groups in total. The normalized spacial score (nSPS) is 17.1. The van der Waals surface area contributed by atoms with Crippen molar-refractivity contribution in [3.63, 3.8) is 0 Å². The standard InChI is InChI=1S/C16H27N5OS/c1-20-7-9-21(10-8-20)15-13(4-3-6-18-15)12-19-16(22)14(17)5-11-23-2/h3-4,6,14H,5,7-12,17H2,1-2H3,(H,19,22)/t14-/m0/s1. The number of hydrogen-bond acceptors (Lipinski definition) is 6. The average Bonchev–Trinajstić information content (AvgIpc) is 2.58. The molecule has 1 saturated heterocycles. The SMILES string of the molecule is CSCC[C@H](N)C(=O)NCc1cccnc1N1CCN(C)CC1. The summed E-state index contributed by atoms with van der Waals surface area (Å²) in [6.45, 7) is 4.45. The van der Waals surface area contributed by atoms with Crippen molar-refractivity contribution in [1.29, 1.82) is 0 Å². The van der Waals surface area contributed by atoms with Gasteiger partial charge in [-0.3, -0.25) is 4.79 Å². The van der Waals surface area contributed by atoms with Crippen LogP contribution in [0.25, 0.3) is 0 Å². The molecule has 2 heterocycles. The van der Waals surface area contributed by atoms with Crippen LogP contribution in [0.4, 0.5) is 5.82 Å². The highest BCUT2D eigenvalue weighted by Gasteiger charge is 2.19. The van der Waals surface area contributed by atoms with E-state index in [4.69, 9.17) is 5.73 Å². The molecule has 1 aliphatic heterocycles. The van der Waals surface area contributed by atoms with Crippen molar-refractivity contribution in [1.82, 2.24) is 15.2 Å². The van der Waals surface area contributed by atoms with Gasteiger partial charge in [0.05, 0.1) is 6.04 Å². The van der Waals surface area contributed by atoms with Gasteiger partial charge in [-0.25, -0.2) is 4.98 Å². The zero-order chi connectivity index (χ0) is 16.7. The van der Waals surface area contributed by atoms with Crippen molar-refractivity contribution in [3.8, 4) is 0 Å². The van der Waals surface area contributed by atoms with E-state index in [1.54, 1.807) is 11.8 Å². The highest BCUT2D eigenvalue weighted by molar-refractivity contribution is 7.98. The third-order valence-corrected chi connectivity index (χ3v) is 4.74. The van der Waals surface area contributed by atoms with E-state index in [0.29, 0.717) is 13.0 Å². The van der Waals surface area contributed by atoms with Gasteiger partial charge in [-0.05, 0) is 31.5 Å². The molecule has 1 aliphatic rings. The van der Waals surface area contributed by atoms with Crippen LogP contribution >= 0.6 is 11.8 Å². The van der Waals surface area contributed by atoms with Crippen LogP contribution in [0, 0.1) is 0 Å². The number of nitrogens with two attached hydrogens (primary N) is 1. The fraction of sp³-hybridized carbons (Fsp3) is 0.625. The lowest BCUT2D eigenvalue weighted by Gasteiger charge is -2.34. The van der Waals surface area contributed by atoms with Gasteiger partial charge in [0.25, 0.3) is 0 Å². The fourth-order valence-corrected chi connectivity index (χ4v) is 3.05. The number of rotatable bonds is 7. The molecule has 1 atom stereocenters. The van der Waals surface area contributed by atoms with Crippen LogP contribution in [0.3, 0.4) is 0 Å². The van der Waals surface area contributed by atoms with Crippen molar-refractivity contribution in [2.75, 3.05) is 50.1 Å². The fourth-order valence-electron chi connectivity index (χ4n) is 2.56. The third kappa shape index (κ3) is 5.37. The van der Waals surface area contributed by atoms with Gasteiger partial charge in [0, 0.05) is 44.5 Å². The number of piperazine rings is 1. The van der Waals surface area contributed by atoms with Crippen LogP contribution in [0.5, 0.6) is 0 Å². The van der Waals surface area contributed by atoms with Crippen LogP contribution in [0.15, 0.2) is 18.3 Å². The van der Waals surface area contributed by atoms with E-state index in [2.05, 4.69) is 27.1 Å². The molecule has 0 aliphatic carbocycles. The summed E-state index contributed by atoms with van der Waals surface area (Å²) >= 11 is 1.70. The second-order valence-electron chi connectivity index (χ2n) is 5.88. The van der Waals surface area contributed by atoms with Crippen molar-refractivity contribution in [3.05, 3.63) is 23.9 Å². The Morgan fingerprint density at radius 3 is 2.87 bits per heavy atom. The second kappa shape index (κ2) is 9.10. The van der Waals surface area contributed by atoms with Gasteiger partial charge in [-0.15, -0.1) is 0 Å². The first-order valence-corrected chi connectivity index (χ1v) is 9.41. The Bertz CT molecular complexity index is 505. The van der Waals surface area contributed by atoms with E-state index in [1.807, 2.05) is 24.6 Å². The molecule has 0 unspecified atom stereocenters. The zero-order valence-electron chi connectivity index (χ0n) is 14.0. The van der Waals surface area contributed by atoms with Crippen LogP contribution in [-0.4, -0.2) is 67.1 Å². The Morgan fingerprint density at radius 2 is 2.17 bits per heavy atom. The van der Waals surface area contributed by atoms with Crippen LogP contribution in [-0.2, 0) is 11.3 Å². The van der Waals surface area contributed by atoms with Gasteiger partial charge in [0.2, 0.25) is 5.91 Å². The second-order valence-corrected chi connectivity index (χ2v) is 6.87. The topological polar surface area (TPSA) is 74.5 Å². The van der Waals surface area contributed by atoms with Crippen LogP contribution in [0.1, 0.15) is 12.0 Å². The summed E-state index contributed by atoms with van der Waals surface area (Å²) in [5, 5.41) is 2.95. The molecule has 23 heavy (non-hydrogen) atoms. The van der Waals surface area contributed by atoms with E-state index in [0.717, 1.165) is 43.3 Å². The summed E-state index contributed by atoms with van der Waals surface area (Å²) in [5.74, 6) is 1.78. The summed E-state index contributed by atoms with van der Waals surface area (Å²) in [5.41, 5.74) is 6.95. The largest absolute Gasteiger partial charge is 0.354 e. The summed E-state index contributed by atoms with van der Waals surface area (Å²) in [7, 11) is 2.13. The van der Waals surface area contributed by atoms with Gasteiger partial charge in [0.1, 0.15) is 5.82 Å². The molecule has 1 amide bonds. The Balaban J connectivity index is 1.94. The predicted molar refractivity (Wildman–Crippen MR) is 96.8 cm³/mol. The first-order valence-electron chi connectivity index (χ1n) is 8.01. The number of nitrogens with one attached hydrogen (secondary N) is 1. The van der Waals surface area contributed by atoms with E-state index in [-0.39, 0.29) is 5.91 Å². The number of nitrogens with zero attached hydrogens (tertiary/aromatic N) is 3. The van der Waals surface area contributed by atoms with E-state index < -0.39 is 6.04 Å². The maximum absolute atomic E-state index is 12.1. The number of hydrogen-bond donors (Lipinski definition) is 2. The molecular formula is C16H27N5OS. The molecule has 6 nitrogen and oxygen atoms in total. The molecule has 0 aromatic carbocycles. The number of amides is 1. The lowest BCUT2D eigenvalue weighted by atomic mass is 10.2. The highest BCUT2D eigenvalue weighted by atomic mass is 32.2. The number of carbonyl (C=O) groups excluding carboxylic acids is 1. The molecule has 0 radical (unpaired) electrons. The van der Waals surface area contributed by atoms with Crippen molar-refractivity contribution < 1.29 is 4.79 Å². The quantitative estimate of drug-likeness (QED) is 0.756. The lowest BCUT2D eigenvalue weighted by molar-refractivity contribution is -0.122. The van der Waals surface area contributed by atoms with E-state index in [9.17, 15) is 4.79 Å². The number of aromatic nitrogens is 1. The van der Waals surface area contributed by atoms with Crippen molar-refractivity contribution in [2.24, 2.45) is 5.73 Å². The Labute approximate surface area is 142 Å². The smallest absolute Gasteiger partial charge is 0.237 e. The molecule has 1 aromatic rings. The van der Waals surface area contributed by atoms with Crippen molar-refractivity contribution >= 4 is 23.5 Å². The summed E-state index contributed by atoms with van der Waals surface area (Å²) in [4.78, 5) is 21.2. The molecular weight excluding hydrogens is 310 g/mol. The molecule has 0 bridgehead atoms. The van der Waals surface area contributed by atoms with Crippen LogP contribution in [0.2, 0.25) is 0 Å². The summed E-state index contributed by atoms with van der Waals surface area (Å²) in [6, 6.07) is 3.49. The van der Waals surface area contributed by atoms with Gasteiger partial charge in [0.15, 0.2) is 0 Å². The highest BCUT2D eigenvalue weighted by Crippen LogP contribution is 2.18. The predicted octanol–water partition coefficient (Wildman–Crippen LogP) is 0.530. The first-order chi connectivity index (χ1) is 11.1. The molecule has 7 heteroatoms. The minimum Gasteiger partial charge on any atom is -0.354 e. The van der Waals surface area contributed by atoms with E-state index >= 15 is 0 Å². The van der Waals surface area contributed by atoms with Gasteiger partial charge >= 0.3 is 0 Å². The molecule has 128 valence electrons. The third-order valence-electron chi connectivity index (χ3n) is 4.09. The number of carbonyl (C=O) groups is 1. The van der Waals surface area contributed by atoms with Crippen LogP contribution < -0.4 is 16.0 Å². The van der Waals surface area contributed by atoms with Crippen molar-refractivity contribution in [2.45, 2.75) is 19.0 Å². The minimum absolute atomic E-state index is 0.0905. The molecule has 0 saturated carbocycles. The zero-order valence-corrected chi connectivity index (χ0v) is 14.8. The average molecular weight is 337 g/mol. The molecule has 1 fully saturated rings. The van der Waals surface area contributed by atoms with Gasteiger partial charge in [-0.2, -0.15) is 11.8 Å². The maximum atomic E-state index is 12.1. The Kier molecular flexibility index (Phi) is 7.14. The van der Waals surface area contributed by atoms with Gasteiger partial charge in [-0.1, -0.05) is 6.07 Å². The summed E-state index contributed by atoms with van der Waals surface area (Å²) < 4.78 is 0. The number of pyridine rings is 1. The number of anilines is 1. The Morgan fingerprint density at radius 1 is 1.43 bits per heavy atom. The number of thioether (sulfide) groups is 1. The Hall–Kier alpha value is -1.31. The molecule has 2 rings (SSSR count).